The van der Waals surface area contributed by atoms with Gasteiger partial charge in [0.15, 0.2) is 17.9 Å². The first-order valence-corrected chi connectivity index (χ1v) is 33.8. The first-order valence-electron chi connectivity index (χ1n) is 33.8. The molecule has 0 radical (unpaired) electrons. The molecular formula is C63H109N23O19. The number of nitrogens with zero attached hydrogens (tertiary/aromatic N) is 3. The highest BCUT2D eigenvalue weighted by Crippen LogP contribution is 2.15. The third-order valence-corrected chi connectivity index (χ3v) is 15.5. The smallest absolute Gasteiger partial charge is 0.322 e. The molecule has 0 saturated heterocycles. The van der Waals surface area contributed by atoms with Gasteiger partial charge in [-0.05, 0) is 116 Å². The zero-order valence-electron chi connectivity index (χ0n) is 60.4. The molecule has 0 spiro atoms. The standard InChI is InChI=1S/C63H109N23O19/c1-28(2)25-41(56(101)84-46(29(3)4)59(104)80-39(15-12-24-74-63(70)71)54(99)85-47(33(8)88)58(103)75-27-44(92)93)82-50(95)31(6)76-49(94)30(5)77-51(96)37(13-10-22-72-61(66)67)81-60(105)48(34(9)89)86-53(98)38(14-11-23-73-62(68)69)78-52(97)40(20-21-43(64)91)79-55(100)42(83-57(102)45(65)32(7)87)26-35-16-18-36(90)19-17-35/h16-19,28-34,37-42,45-48,87-90H,10-15,20-27,65H2,1-9H3,(H2,64,91)(H,75,103)(H,76,94)(H,77,96)(H,78,97)(H,79,100)(H,80,104)(H,81,105)(H,82,95)(H,83,102)(H,84,101)(H,85,99)(H,86,98)(H,92,93)(H4,66,67,72)(H4,68,69,73)(H4,70,71,74)/t30-,31-,32+,33+,34+,37-,38-,39-,40-,41-,42-,45-,46-,47-,48-/m0/s1. The number of guanidine groups is 3. The number of carboxylic acid groups (broad SMARTS) is 1. The van der Waals surface area contributed by atoms with Crippen LogP contribution in [-0.2, 0) is 73.5 Å². The third-order valence-electron chi connectivity index (χ3n) is 15.5. The van der Waals surface area contributed by atoms with Crippen LogP contribution in [0.2, 0.25) is 0 Å². The number of aliphatic imine (C=N–C) groups is 3. The molecule has 0 aliphatic carbocycles. The van der Waals surface area contributed by atoms with E-state index >= 15 is 0 Å². The fourth-order valence-corrected chi connectivity index (χ4v) is 9.67. The minimum absolute atomic E-state index is 0.00504. The highest BCUT2D eigenvalue weighted by atomic mass is 16.4. The summed E-state index contributed by atoms with van der Waals surface area (Å²) in [4.78, 5) is 201. The van der Waals surface area contributed by atoms with Crippen molar-refractivity contribution in [2.45, 2.75) is 217 Å². The summed E-state index contributed by atoms with van der Waals surface area (Å²) in [6, 6.07) is -13.2. The minimum atomic E-state index is -1.92. The van der Waals surface area contributed by atoms with Gasteiger partial charge in [-0.3, -0.25) is 82.1 Å². The summed E-state index contributed by atoms with van der Waals surface area (Å²) in [5, 5.41) is 79.3. The molecule has 0 aliphatic heterocycles. The maximum atomic E-state index is 14.3. The minimum Gasteiger partial charge on any atom is -0.508 e. The van der Waals surface area contributed by atoms with Crippen LogP contribution in [0.5, 0.6) is 5.75 Å². The molecule has 0 saturated carbocycles. The molecule has 0 heterocycles. The van der Waals surface area contributed by atoms with Gasteiger partial charge in [0, 0.05) is 32.5 Å². The number of hydrogen-bond acceptors (Lipinski definition) is 22. The van der Waals surface area contributed by atoms with E-state index in [0.717, 1.165) is 13.8 Å². The molecule has 13 amide bonds. The Balaban J connectivity index is 3.54. The van der Waals surface area contributed by atoms with Gasteiger partial charge in [0.25, 0.3) is 0 Å². The highest BCUT2D eigenvalue weighted by molar-refractivity contribution is 6.00. The van der Waals surface area contributed by atoms with Gasteiger partial charge in [-0.25, -0.2) is 0 Å². The second-order valence-electron chi connectivity index (χ2n) is 25.7. The molecule has 0 unspecified atom stereocenters. The van der Waals surface area contributed by atoms with Crippen molar-refractivity contribution in [3.05, 3.63) is 29.8 Å². The number of carboxylic acids is 1. The molecule has 42 nitrogen and oxygen atoms in total. The predicted octanol–water partition coefficient (Wildman–Crippen LogP) is -9.89. The fraction of sp³-hybridized carbons (Fsp3) is 0.635. The summed E-state index contributed by atoms with van der Waals surface area (Å²) >= 11 is 0. The zero-order chi connectivity index (χ0) is 80.1. The molecule has 0 bridgehead atoms. The van der Waals surface area contributed by atoms with E-state index in [0.29, 0.717) is 5.56 Å². The molecule has 33 N–H and O–H groups in total. The van der Waals surface area contributed by atoms with Crippen LogP contribution in [0.15, 0.2) is 39.2 Å². The maximum Gasteiger partial charge on any atom is 0.322 e. The second kappa shape index (κ2) is 46.8. The van der Waals surface area contributed by atoms with Crippen LogP contribution < -0.4 is 110 Å². The number of aliphatic carboxylic acids is 1. The molecule has 42 heteroatoms. The maximum absolute atomic E-state index is 14.3. The topological polar surface area (TPSA) is 730 Å². The number of aliphatic hydroxyl groups excluding tert-OH is 3. The van der Waals surface area contributed by atoms with E-state index in [4.69, 9.17) is 51.0 Å². The van der Waals surface area contributed by atoms with Gasteiger partial charge in [0.1, 0.15) is 84.8 Å². The fourth-order valence-electron chi connectivity index (χ4n) is 9.67. The van der Waals surface area contributed by atoms with Crippen LogP contribution in [-0.4, -0.2) is 243 Å². The average molecular weight is 1490 g/mol. The first kappa shape index (κ1) is 92.3. The number of aromatic hydroxyl groups is 1. The van der Waals surface area contributed by atoms with Gasteiger partial charge in [-0.15, -0.1) is 0 Å². The number of benzene rings is 1. The zero-order valence-corrected chi connectivity index (χ0v) is 60.4. The molecule has 1 rings (SSSR count). The summed E-state index contributed by atoms with van der Waals surface area (Å²) in [5.74, 6) is -16.5. The van der Waals surface area contributed by atoms with Gasteiger partial charge in [-0.2, -0.15) is 0 Å². The van der Waals surface area contributed by atoms with Gasteiger partial charge in [0.2, 0.25) is 76.8 Å². The highest BCUT2D eigenvalue weighted by Gasteiger charge is 2.38. The summed E-state index contributed by atoms with van der Waals surface area (Å²) < 4.78 is 0. The van der Waals surface area contributed by atoms with Crippen LogP contribution >= 0.6 is 0 Å². The second-order valence-corrected chi connectivity index (χ2v) is 25.7. The number of hydrogen-bond donors (Lipinski definition) is 25. The van der Waals surface area contributed by atoms with E-state index in [1.807, 2.05) is 0 Å². The molecule has 1 aromatic rings. The molecule has 15 atom stereocenters. The lowest BCUT2D eigenvalue weighted by Gasteiger charge is -2.29. The van der Waals surface area contributed by atoms with Crippen LogP contribution in [0.1, 0.15) is 126 Å². The number of nitrogens with two attached hydrogens (primary N) is 8. The Hall–Kier alpha value is -10.7. The number of rotatable bonds is 48. The van der Waals surface area contributed by atoms with Crippen molar-refractivity contribution in [3.63, 3.8) is 0 Å². The summed E-state index contributed by atoms with van der Waals surface area (Å²) in [7, 11) is 0. The van der Waals surface area contributed by atoms with Crippen molar-refractivity contribution in [2.75, 3.05) is 26.2 Å². The Morgan fingerprint density at radius 3 is 1.14 bits per heavy atom. The number of aliphatic hydroxyl groups is 3. The number of phenols is 1. The van der Waals surface area contributed by atoms with E-state index in [1.165, 1.54) is 45.0 Å². The summed E-state index contributed by atoms with van der Waals surface area (Å²) in [5.41, 5.74) is 44.6. The van der Waals surface area contributed by atoms with Crippen molar-refractivity contribution < 1.29 is 92.7 Å². The molecule has 590 valence electrons. The largest absolute Gasteiger partial charge is 0.508 e. The SMILES string of the molecule is CC(C)C[C@H](NC(=O)[C@H](C)NC(=O)[C@H](C)NC(=O)[C@H](CCCN=C(N)N)NC(=O)[C@@H](NC(=O)[C@H](CCCN=C(N)N)NC(=O)[C@H](CCC(N)=O)NC(=O)[C@H](Cc1ccc(O)cc1)NC(=O)[C@@H](N)[C@@H](C)O)[C@@H](C)O)C(=O)N[C@H](C(=O)N[C@@H](CCCN=C(N)N)C(=O)N[C@H](C(=O)NCC(=O)O)[C@@H](C)O)C(C)C. The molecule has 1 aromatic carbocycles. The van der Waals surface area contributed by atoms with Crippen molar-refractivity contribution in [1.82, 2.24) is 63.8 Å². The normalized spacial score (nSPS) is 15.3. The van der Waals surface area contributed by atoms with Gasteiger partial charge < -0.3 is 135 Å². The van der Waals surface area contributed by atoms with Crippen LogP contribution in [0.3, 0.4) is 0 Å². The summed E-state index contributed by atoms with van der Waals surface area (Å²) in [6.07, 6.45) is -6.60. The Bertz CT molecular complexity index is 3190. The third kappa shape index (κ3) is 36.3. The molecule has 105 heavy (non-hydrogen) atoms. The van der Waals surface area contributed by atoms with Crippen molar-refractivity contribution in [3.8, 4) is 5.75 Å². The van der Waals surface area contributed by atoms with Gasteiger partial charge in [0.05, 0.1) is 18.3 Å². The lowest BCUT2D eigenvalue weighted by Crippen LogP contribution is -2.62. The number of primary amides is 1. The molecule has 0 aliphatic rings. The van der Waals surface area contributed by atoms with Crippen molar-refractivity contribution in [2.24, 2.45) is 72.7 Å². The van der Waals surface area contributed by atoms with E-state index in [9.17, 15) is 87.5 Å². The van der Waals surface area contributed by atoms with E-state index in [2.05, 4.69) is 78.8 Å². The van der Waals surface area contributed by atoms with E-state index < -0.39 is 199 Å². The number of amides is 13. The molecule has 0 fully saturated rings. The van der Waals surface area contributed by atoms with Gasteiger partial charge >= 0.3 is 5.97 Å². The van der Waals surface area contributed by atoms with E-state index in [-0.39, 0.29) is 101 Å². The van der Waals surface area contributed by atoms with Crippen LogP contribution in [0.25, 0.3) is 0 Å². The predicted molar refractivity (Wildman–Crippen MR) is 381 cm³/mol. The van der Waals surface area contributed by atoms with E-state index in [1.54, 1.807) is 27.7 Å². The Morgan fingerprint density at radius 1 is 0.400 bits per heavy atom. The number of carbonyl (C=O) groups is 14. The lowest BCUT2D eigenvalue weighted by molar-refractivity contribution is -0.139. The number of nitrogens with one attached hydrogen (secondary N) is 12. The van der Waals surface area contributed by atoms with Crippen LogP contribution in [0.4, 0.5) is 0 Å². The van der Waals surface area contributed by atoms with Crippen molar-refractivity contribution >= 4 is 101 Å². The Morgan fingerprint density at radius 2 is 0.743 bits per heavy atom. The lowest BCUT2D eigenvalue weighted by atomic mass is 9.99. The van der Waals surface area contributed by atoms with Gasteiger partial charge in [-0.1, -0.05) is 39.8 Å². The Labute approximate surface area is 606 Å². The number of carbonyl (C=O) groups excluding carboxylic acids is 13. The monoisotopic (exact) mass is 1490 g/mol. The average Bonchev–Trinajstić information content (AvgIpc) is 0.875. The van der Waals surface area contributed by atoms with Crippen molar-refractivity contribution in [1.29, 1.82) is 0 Å². The molecule has 0 aromatic heterocycles. The summed E-state index contributed by atoms with van der Waals surface area (Å²) in [6.45, 7) is 11.5. The number of phenolic OH excluding ortho intramolecular Hbond substituents is 1. The Kier molecular flexibility index (Phi) is 41.1. The quantitative estimate of drug-likeness (QED) is 0.0164. The van der Waals surface area contributed by atoms with Crippen LogP contribution in [0, 0.1) is 11.8 Å². The molecular weight excluding hydrogens is 1380 g/mol. The first-order chi connectivity index (χ1) is 48.9.